The monoisotopic (exact) mass is 424 g/mol. The van der Waals surface area contributed by atoms with Gasteiger partial charge >= 0.3 is 0 Å². The second-order valence-corrected chi connectivity index (χ2v) is 7.85. The third-order valence-electron chi connectivity index (χ3n) is 5.79. The Labute approximate surface area is 184 Å². The number of aromatic nitrogens is 1. The molecule has 1 atom stereocenters. The minimum Gasteiger partial charge on any atom is -0.508 e. The highest BCUT2D eigenvalue weighted by molar-refractivity contribution is 6.51. The topological polar surface area (TPSA) is 93.6 Å². The van der Waals surface area contributed by atoms with Gasteiger partial charge in [0.1, 0.15) is 11.5 Å². The highest BCUT2D eigenvalue weighted by Crippen LogP contribution is 2.43. The number of benzene rings is 3. The molecule has 5 rings (SSSR count). The maximum atomic E-state index is 13.2. The number of hydrogen-bond acceptors (Lipinski definition) is 4. The van der Waals surface area contributed by atoms with Crippen molar-refractivity contribution in [1.82, 2.24) is 4.98 Å². The number of aliphatic hydroxyl groups is 1. The van der Waals surface area contributed by atoms with Crippen molar-refractivity contribution in [2.75, 3.05) is 4.90 Å². The first-order valence-corrected chi connectivity index (χ1v) is 10.2. The average Bonchev–Trinajstić information content (AvgIpc) is 3.33. The van der Waals surface area contributed by atoms with Gasteiger partial charge in [-0.1, -0.05) is 48.0 Å². The van der Waals surface area contributed by atoms with E-state index in [0.717, 1.165) is 16.5 Å². The summed E-state index contributed by atoms with van der Waals surface area (Å²) in [5.41, 5.74) is 3.28. The van der Waals surface area contributed by atoms with Crippen molar-refractivity contribution >= 4 is 34.0 Å². The van der Waals surface area contributed by atoms with Gasteiger partial charge in [0.25, 0.3) is 11.7 Å². The Kier molecular flexibility index (Phi) is 4.56. The number of nitrogens with one attached hydrogen (secondary N) is 1. The molecule has 0 radical (unpaired) electrons. The summed E-state index contributed by atoms with van der Waals surface area (Å²) in [5.74, 6) is -1.77. The molecule has 1 saturated heterocycles. The molecule has 0 aliphatic carbocycles. The van der Waals surface area contributed by atoms with E-state index in [1.165, 1.54) is 17.0 Å². The lowest BCUT2D eigenvalue weighted by molar-refractivity contribution is -0.132. The zero-order valence-corrected chi connectivity index (χ0v) is 17.2. The summed E-state index contributed by atoms with van der Waals surface area (Å²) in [6.07, 6.45) is 1.62. The molecule has 0 saturated carbocycles. The SMILES string of the molecule is Cc1ccc(N2C(=O)C(=O)/C(=C(\O)c3c[nH]c4ccccc34)C2c2cccc(O)c2)cc1. The third kappa shape index (κ3) is 3.04. The lowest BCUT2D eigenvalue weighted by atomic mass is 9.95. The van der Waals surface area contributed by atoms with Crippen LogP contribution in [0, 0.1) is 6.92 Å². The number of aryl methyl sites for hydroxylation is 1. The molecule has 4 aromatic rings. The molecule has 1 aliphatic heterocycles. The van der Waals surface area contributed by atoms with Crippen molar-refractivity contribution in [3.63, 3.8) is 0 Å². The third-order valence-corrected chi connectivity index (χ3v) is 5.79. The summed E-state index contributed by atoms with van der Waals surface area (Å²) >= 11 is 0. The van der Waals surface area contributed by atoms with Gasteiger partial charge in [0.2, 0.25) is 0 Å². The first-order chi connectivity index (χ1) is 15.5. The smallest absolute Gasteiger partial charge is 0.300 e. The molecule has 1 aromatic heterocycles. The van der Waals surface area contributed by atoms with E-state index in [1.807, 2.05) is 43.3 Å². The number of para-hydroxylation sites is 1. The number of nitrogens with zero attached hydrogens (tertiary/aromatic N) is 1. The number of fused-ring (bicyclic) bond motifs is 1. The van der Waals surface area contributed by atoms with E-state index in [2.05, 4.69) is 4.98 Å². The van der Waals surface area contributed by atoms with Crippen LogP contribution in [0.3, 0.4) is 0 Å². The van der Waals surface area contributed by atoms with Crippen molar-refractivity contribution in [2.45, 2.75) is 13.0 Å². The zero-order valence-electron chi connectivity index (χ0n) is 17.2. The standard InChI is InChI=1S/C26H20N2O4/c1-15-9-11-17(12-10-15)28-23(16-5-4-6-18(29)13-16)22(25(31)26(28)32)24(30)20-14-27-21-8-3-2-7-19(20)21/h2-14,23,27,29-30H,1H3/b24-22-. The van der Waals surface area contributed by atoms with Crippen LogP contribution >= 0.6 is 0 Å². The van der Waals surface area contributed by atoms with Crippen molar-refractivity contribution in [2.24, 2.45) is 0 Å². The molecule has 6 nitrogen and oxygen atoms in total. The number of carbonyl (C=O) groups is 2. The number of phenols is 1. The van der Waals surface area contributed by atoms with Gasteiger partial charge in [-0.2, -0.15) is 0 Å². The van der Waals surface area contributed by atoms with Crippen LogP contribution in [-0.4, -0.2) is 26.9 Å². The minimum absolute atomic E-state index is 0.00379. The molecular weight excluding hydrogens is 404 g/mol. The van der Waals surface area contributed by atoms with Gasteiger partial charge in [-0.15, -0.1) is 0 Å². The first kappa shape index (κ1) is 19.6. The number of hydrogen-bond donors (Lipinski definition) is 3. The van der Waals surface area contributed by atoms with Crippen LogP contribution in [0.2, 0.25) is 0 Å². The average molecular weight is 424 g/mol. The van der Waals surface area contributed by atoms with Crippen molar-refractivity contribution < 1.29 is 19.8 Å². The fourth-order valence-electron chi connectivity index (χ4n) is 4.23. The van der Waals surface area contributed by atoms with Crippen molar-refractivity contribution in [3.05, 3.63) is 101 Å². The van der Waals surface area contributed by atoms with E-state index in [0.29, 0.717) is 16.8 Å². The van der Waals surface area contributed by atoms with E-state index in [1.54, 1.807) is 30.5 Å². The number of rotatable bonds is 3. The molecule has 1 fully saturated rings. The van der Waals surface area contributed by atoms with Crippen LogP contribution < -0.4 is 4.90 Å². The van der Waals surface area contributed by atoms with E-state index >= 15 is 0 Å². The van der Waals surface area contributed by atoms with Gasteiger partial charge in [-0.3, -0.25) is 14.5 Å². The number of Topliss-reactive ketones (excluding diaryl/α,β-unsaturated/α-hetero) is 1. The van der Waals surface area contributed by atoms with Crippen LogP contribution in [0.25, 0.3) is 16.7 Å². The normalized spacial score (nSPS) is 17.9. The number of aromatic amines is 1. The number of aromatic hydroxyl groups is 1. The van der Waals surface area contributed by atoms with Crippen molar-refractivity contribution in [3.8, 4) is 5.75 Å². The quantitative estimate of drug-likeness (QED) is 0.250. The summed E-state index contributed by atoms with van der Waals surface area (Å²) in [6.45, 7) is 1.93. The molecule has 1 unspecified atom stereocenters. The molecule has 2 heterocycles. The van der Waals surface area contributed by atoms with Crippen LogP contribution in [-0.2, 0) is 9.59 Å². The van der Waals surface area contributed by atoms with Gasteiger partial charge < -0.3 is 15.2 Å². The molecule has 0 bridgehead atoms. The summed E-state index contributed by atoms with van der Waals surface area (Å²) in [4.78, 5) is 30.8. The van der Waals surface area contributed by atoms with E-state index in [-0.39, 0.29) is 17.1 Å². The lowest BCUT2D eigenvalue weighted by Crippen LogP contribution is -2.29. The van der Waals surface area contributed by atoms with Gasteiger partial charge in [-0.25, -0.2) is 0 Å². The Bertz CT molecular complexity index is 1400. The van der Waals surface area contributed by atoms with Crippen LogP contribution in [0.15, 0.2) is 84.6 Å². The van der Waals surface area contributed by atoms with Gasteiger partial charge in [0.05, 0.1) is 11.6 Å². The van der Waals surface area contributed by atoms with Crippen LogP contribution in [0.5, 0.6) is 5.75 Å². The zero-order chi connectivity index (χ0) is 22.4. The molecule has 3 aromatic carbocycles. The highest BCUT2D eigenvalue weighted by atomic mass is 16.3. The molecule has 1 amide bonds. The maximum absolute atomic E-state index is 13.2. The number of ketones is 1. The fourth-order valence-corrected chi connectivity index (χ4v) is 4.23. The predicted octanol–water partition coefficient (Wildman–Crippen LogP) is 4.81. The van der Waals surface area contributed by atoms with Gasteiger partial charge in [0, 0.05) is 28.4 Å². The fraction of sp³-hybridized carbons (Fsp3) is 0.0769. The summed E-state index contributed by atoms with van der Waals surface area (Å²) < 4.78 is 0. The second-order valence-electron chi connectivity index (χ2n) is 7.85. The Morgan fingerprint density at radius 2 is 1.72 bits per heavy atom. The maximum Gasteiger partial charge on any atom is 0.300 e. The first-order valence-electron chi connectivity index (χ1n) is 10.2. The Hall–Kier alpha value is -4.32. The molecule has 158 valence electrons. The van der Waals surface area contributed by atoms with Gasteiger partial charge in [-0.05, 0) is 42.8 Å². The van der Waals surface area contributed by atoms with E-state index < -0.39 is 17.7 Å². The molecule has 0 spiro atoms. The summed E-state index contributed by atoms with van der Waals surface area (Å²) in [6, 6.07) is 20.1. The molecule has 6 heteroatoms. The minimum atomic E-state index is -0.890. The second kappa shape index (κ2) is 7.42. The molecule has 32 heavy (non-hydrogen) atoms. The number of H-pyrrole nitrogens is 1. The Morgan fingerprint density at radius 3 is 2.47 bits per heavy atom. The van der Waals surface area contributed by atoms with E-state index in [9.17, 15) is 19.8 Å². The summed E-state index contributed by atoms with van der Waals surface area (Å²) in [7, 11) is 0. The van der Waals surface area contributed by atoms with Crippen molar-refractivity contribution in [1.29, 1.82) is 0 Å². The number of carbonyl (C=O) groups excluding carboxylic acids is 2. The Balaban J connectivity index is 1.76. The molecule has 3 N–H and O–H groups in total. The number of aliphatic hydroxyl groups excluding tert-OH is 1. The predicted molar refractivity (Wildman–Crippen MR) is 122 cm³/mol. The molecular formula is C26H20N2O4. The lowest BCUT2D eigenvalue weighted by Gasteiger charge is -2.25. The number of phenolic OH excluding ortho intramolecular Hbond substituents is 1. The van der Waals surface area contributed by atoms with Crippen LogP contribution in [0.4, 0.5) is 5.69 Å². The Morgan fingerprint density at radius 1 is 0.969 bits per heavy atom. The number of amides is 1. The van der Waals surface area contributed by atoms with Gasteiger partial charge in [0.15, 0.2) is 0 Å². The highest BCUT2D eigenvalue weighted by Gasteiger charge is 2.47. The summed E-state index contributed by atoms with van der Waals surface area (Å²) in [5, 5.41) is 22.1. The van der Waals surface area contributed by atoms with E-state index in [4.69, 9.17) is 0 Å². The molecule has 1 aliphatic rings. The number of anilines is 1. The largest absolute Gasteiger partial charge is 0.508 e. The van der Waals surface area contributed by atoms with Crippen LogP contribution in [0.1, 0.15) is 22.7 Å².